The molecule has 23 rings (SSSR count). The van der Waals surface area contributed by atoms with Gasteiger partial charge in [0.15, 0.2) is 46.6 Å². The van der Waals surface area contributed by atoms with E-state index in [1.165, 1.54) is 16.7 Å². The molecular formula is C116H82BClN10O4. The summed E-state index contributed by atoms with van der Waals surface area (Å²) in [6.07, 6.45) is 0. The Kier molecular flexibility index (Phi) is 22.5. The molecule has 1 aliphatic heterocycles. The van der Waals surface area contributed by atoms with Crippen molar-refractivity contribution in [3.63, 3.8) is 0 Å². The zero-order valence-electron chi connectivity index (χ0n) is 72.5. The fourth-order valence-corrected chi connectivity index (χ4v) is 16.6. The van der Waals surface area contributed by atoms with Gasteiger partial charge in [-0.05, 0) is 145 Å². The minimum Gasteiger partial charge on any atom is -0.456 e. The Morgan fingerprint density at radius 3 is 0.841 bits per heavy atom. The number of nitrogens with zero attached hydrogens (tertiary/aromatic N) is 10. The fraction of sp³-hybridized carbons (Fsp3) is 0.0517. The second-order valence-electron chi connectivity index (χ2n) is 33.4. The molecule has 16 heteroatoms. The molecular weight excluding hydrogens is 1640 g/mol. The first kappa shape index (κ1) is 82.5. The molecule has 0 spiro atoms. The van der Waals surface area contributed by atoms with Crippen LogP contribution in [0.1, 0.15) is 27.7 Å². The van der Waals surface area contributed by atoms with Crippen LogP contribution in [-0.4, -0.2) is 68.2 Å². The van der Waals surface area contributed by atoms with Crippen LogP contribution in [0.5, 0.6) is 0 Å². The molecule has 0 N–H and O–H groups in total. The van der Waals surface area contributed by atoms with E-state index in [2.05, 4.69) is 240 Å². The van der Waals surface area contributed by atoms with Crippen molar-refractivity contribution in [3.05, 3.63) is 430 Å². The topological polar surface area (TPSA) is 174 Å². The van der Waals surface area contributed by atoms with Gasteiger partial charge in [-0.3, -0.25) is 0 Å². The number of fused-ring (bicyclic) bond motifs is 6. The Labute approximate surface area is 769 Å². The highest BCUT2D eigenvalue weighted by molar-refractivity contribution is 6.62. The minimum atomic E-state index is -0.435. The van der Waals surface area contributed by atoms with Gasteiger partial charge in [-0.15, -0.1) is 0 Å². The van der Waals surface area contributed by atoms with E-state index in [9.17, 15) is 0 Å². The van der Waals surface area contributed by atoms with Crippen molar-refractivity contribution in [1.29, 1.82) is 0 Å². The highest BCUT2D eigenvalue weighted by Gasteiger charge is 2.52. The predicted molar refractivity (Wildman–Crippen MR) is 534 cm³/mol. The zero-order valence-corrected chi connectivity index (χ0v) is 73.2. The third kappa shape index (κ3) is 17.5. The molecule has 630 valence electrons. The van der Waals surface area contributed by atoms with E-state index in [-0.39, 0.29) is 0 Å². The number of furan rings is 2. The van der Waals surface area contributed by atoms with Crippen LogP contribution in [0.2, 0.25) is 5.02 Å². The van der Waals surface area contributed by atoms with Gasteiger partial charge in [-0.2, -0.15) is 0 Å². The van der Waals surface area contributed by atoms with Crippen molar-refractivity contribution >= 4 is 68.1 Å². The molecule has 14 nitrogen and oxygen atoms in total. The second-order valence-corrected chi connectivity index (χ2v) is 33.8. The van der Waals surface area contributed by atoms with Gasteiger partial charge in [0.05, 0.1) is 34.0 Å². The number of hydrogen-bond donors (Lipinski definition) is 0. The van der Waals surface area contributed by atoms with Gasteiger partial charge in [0, 0.05) is 87.8 Å². The minimum absolute atomic E-state index is 0.401. The van der Waals surface area contributed by atoms with Crippen LogP contribution in [0.3, 0.4) is 0 Å². The summed E-state index contributed by atoms with van der Waals surface area (Å²) in [5, 5.41) is 4.93. The molecule has 0 atom stereocenters. The molecule has 0 aliphatic carbocycles. The summed E-state index contributed by atoms with van der Waals surface area (Å²) < 4.78 is 25.0. The van der Waals surface area contributed by atoms with E-state index >= 15 is 0 Å². The Balaban J connectivity index is 0.000000127. The summed E-state index contributed by atoms with van der Waals surface area (Å²) in [6.45, 7) is 8.29. The lowest BCUT2D eigenvalue weighted by molar-refractivity contribution is 0.00578. The summed E-state index contributed by atoms with van der Waals surface area (Å²) in [4.78, 5) is 49.6. The highest BCUT2D eigenvalue weighted by atomic mass is 35.5. The van der Waals surface area contributed by atoms with Crippen LogP contribution in [-0.2, 0) is 9.31 Å². The van der Waals surface area contributed by atoms with E-state index in [0.29, 0.717) is 51.6 Å². The van der Waals surface area contributed by atoms with Crippen LogP contribution < -0.4 is 5.46 Å². The molecule has 0 radical (unpaired) electrons. The van der Waals surface area contributed by atoms with Crippen LogP contribution in [0.4, 0.5) is 0 Å². The van der Waals surface area contributed by atoms with Crippen LogP contribution in [0, 0.1) is 0 Å². The molecule has 7 heterocycles. The average molecular weight is 1730 g/mol. The number of para-hydroxylation sites is 2. The van der Waals surface area contributed by atoms with Gasteiger partial charge in [-0.25, -0.2) is 49.8 Å². The summed E-state index contributed by atoms with van der Waals surface area (Å²) >= 11 is 6.23. The molecule has 16 aromatic carbocycles. The van der Waals surface area contributed by atoms with Gasteiger partial charge in [0.2, 0.25) is 0 Å². The van der Waals surface area contributed by atoms with E-state index < -0.39 is 18.3 Å². The number of aromatic nitrogens is 10. The molecule has 0 bridgehead atoms. The number of hydrogen-bond acceptors (Lipinski definition) is 14. The van der Waals surface area contributed by atoms with Gasteiger partial charge >= 0.3 is 7.12 Å². The zero-order chi connectivity index (χ0) is 89.1. The third-order valence-electron chi connectivity index (χ3n) is 24.1. The fourth-order valence-electron chi connectivity index (χ4n) is 16.4. The maximum Gasteiger partial charge on any atom is 0.494 e. The molecule has 1 aliphatic rings. The lowest BCUT2D eigenvalue weighted by atomic mass is 9.78. The quantitative estimate of drug-likeness (QED) is 0.0836. The van der Waals surface area contributed by atoms with E-state index in [0.717, 1.165) is 156 Å². The molecule has 0 saturated carbocycles. The van der Waals surface area contributed by atoms with E-state index in [1.807, 2.05) is 212 Å². The van der Waals surface area contributed by atoms with Crippen molar-refractivity contribution < 1.29 is 18.1 Å². The van der Waals surface area contributed by atoms with Crippen molar-refractivity contribution in [3.8, 4) is 170 Å². The smallest absolute Gasteiger partial charge is 0.456 e. The van der Waals surface area contributed by atoms with Crippen molar-refractivity contribution in [2.24, 2.45) is 0 Å². The predicted octanol–water partition coefficient (Wildman–Crippen LogP) is 28.8. The third-order valence-corrected chi connectivity index (χ3v) is 24.3. The normalized spacial score (nSPS) is 12.6. The molecule has 1 fully saturated rings. The maximum atomic E-state index is 6.32. The first-order chi connectivity index (χ1) is 64.7. The molecule has 1 saturated heterocycles. The number of halogens is 1. The summed E-state index contributed by atoms with van der Waals surface area (Å²) in [5.41, 5.74) is 24.9. The molecule has 22 aromatic rings. The summed E-state index contributed by atoms with van der Waals surface area (Å²) in [6, 6.07) is 143. The van der Waals surface area contributed by atoms with Crippen molar-refractivity contribution in [2.75, 3.05) is 0 Å². The molecule has 0 unspecified atom stereocenters. The van der Waals surface area contributed by atoms with Crippen LogP contribution >= 0.6 is 11.6 Å². The summed E-state index contributed by atoms with van der Waals surface area (Å²) in [7, 11) is -0.435. The monoisotopic (exact) mass is 1720 g/mol. The first-order valence-electron chi connectivity index (χ1n) is 43.8. The highest BCUT2D eigenvalue weighted by Crippen LogP contribution is 2.41. The number of benzene rings is 16. The molecule has 6 aromatic heterocycles. The molecule has 0 amide bonds. The lowest BCUT2D eigenvalue weighted by Gasteiger charge is -2.32. The Morgan fingerprint density at radius 2 is 0.447 bits per heavy atom. The van der Waals surface area contributed by atoms with Gasteiger partial charge < -0.3 is 18.1 Å². The Morgan fingerprint density at radius 1 is 0.189 bits per heavy atom. The Bertz CT molecular complexity index is 7960. The van der Waals surface area contributed by atoms with Crippen LogP contribution in [0.15, 0.2) is 433 Å². The standard InChI is InChI=1S/C55H35N5O.C34H31BN2O2.C27H16ClN3O/c1-4-14-36(15-5-1)37-26-28-38(29-27-37)48-35-49(57-52(56-48)39-16-6-2-7-17-39)43-22-12-20-41(32-43)42-21-13-23-44(33-42)54-58-53(40-18-8-3-9-19-40)59-55(60-54)45-30-31-47-46-24-10-11-25-50(46)61-51(47)34-45;1-33(2)34(3,4)39-35(38-33)29-17-11-16-28(22-29)31-23-30(36-32(37-31)27-14-9-6-10-15-27)26-20-18-25(19-21-26)24-12-7-5-8-13-24;28-20-10-6-9-18(15-20)26-29-25(17-7-2-1-3-8-17)30-27(31-26)19-13-14-22-21-11-4-5-12-23(21)32-24(22)16-19/h1-35H;5-23H,1-4H3;1-16H. The number of rotatable bonds is 16. The van der Waals surface area contributed by atoms with E-state index in [4.69, 9.17) is 79.6 Å². The summed E-state index contributed by atoms with van der Waals surface area (Å²) in [5.74, 6) is 4.87. The van der Waals surface area contributed by atoms with Gasteiger partial charge in [0.25, 0.3) is 0 Å². The first-order valence-corrected chi connectivity index (χ1v) is 44.2. The maximum absolute atomic E-state index is 6.32. The van der Waals surface area contributed by atoms with Gasteiger partial charge in [-0.1, -0.05) is 363 Å². The average Bonchev–Trinajstić information content (AvgIpc) is 1.68. The largest absolute Gasteiger partial charge is 0.494 e. The Hall–Kier alpha value is -16.4. The van der Waals surface area contributed by atoms with Crippen molar-refractivity contribution in [1.82, 2.24) is 49.8 Å². The molecule has 132 heavy (non-hydrogen) atoms. The lowest BCUT2D eigenvalue weighted by Crippen LogP contribution is -2.41. The van der Waals surface area contributed by atoms with Crippen LogP contribution in [0.25, 0.3) is 213 Å². The van der Waals surface area contributed by atoms with Crippen molar-refractivity contribution in [2.45, 2.75) is 38.9 Å². The van der Waals surface area contributed by atoms with Gasteiger partial charge in [0.1, 0.15) is 22.3 Å². The van der Waals surface area contributed by atoms with E-state index in [1.54, 1.807) is 0 Å². The second kappa shape index (κ2) is 36.0. The SMILES string of the molecule is CC1(C)OB(c2cccc(-c3cc(-c4ccc(-c5ccccc5)cc4)nc(-c4ccccc4)n3)c2)OC1(C)C.Clc1cccc(-c2nc(-c3ccccc3)nc(-c3ccc4c(c3)oc3ccccc34)n2)c1.c1ccc(-c2ccc(-c3cc(-c4cccc(-c5cccc(-c6nc(-c7ccccc7)nc(-c7ccc8c(c7)oc7ccccc78)n6)c5)c4)nc(-c4ccccc4)n3)cc2)cc1.